The quantitative estimate of drug-likeness (QED) is 0.845. The van der Waals surface area contributed by atoms with Crippen molar-refractivity contribution in [2.45, 2.75) is 6.42 Å². The average Bonchev–Trinajstić information content (AvgIpc) is 2.54. The molecule has 0 bridgehead atoms. The highest BCUT2D eigenvalue weighted by molar-refractivity contribution is 6.08. The summed E-state index contributed by atoms with van der Waals surface area (Å²) in [5, 5.41) is 5.08. The molecule has 0 saturated heterocycles. The Bertz CT molecular complexity index is 779. The van der Waals surface area contributed by atoms with Gasteiger partial charge in [0.2, 0.25) is 11.8 Å². The van der Waals surface area contributed by atoms with E-state index in [2.05, 4.69) is 10.6 Å². The number of rotatable bonds is 4. The van der Waals surface area contributed by atoms with E-state index in [9.17, 15) is 14.0 Å². The SMILES string of the molecule is O=C(CC(=O)Nc1ccc2c(c1)OCCO2)Nc1cccc(F)c1. The van der Waals surface area contributed by atoms with Gasteiger partial charge in [0, 0.05) is 17.4 Å². The second-order valence-corrected chi connectivity index (χ2v) is 5.14. The number of nitrogens with one attached hydrogen (secondary N) is 2. The van der Waals surface area contributed by atoms with Crippen LogP contribution in [-0.4, -0.2) is 25.0 Å². The first kappa shape index (κ1) is 15.8. The molecule has 124 valence electrons. The number of fused-ring (bicyclic) bond motifs is 1. The molecule has 0 fully saturated rings. The van der Waals surface area contributed by atoms with Crippen molar-refractivity contribution < 1.29 is 23.5 Å². The number of hydrogen-bond acceptors (Lipinski definition) is 4. The van der Waals surface area contributed by atoms with Gasteiger partial charge in [0.05, 0.1) is 0 Å². The highest BCUT2D eigenvalue weighted by atomic mass is 19.1. The molecule has 6 nitrogen and oxygen atoms in total. The van der Waals surface area contributed by atoms with E-state index in [-0.39, 0.29) is 6.42 Å². The first-order valence-corrected chi connectivity index (χ1v) is 7.35. The topological polar surface area (TPSA) is 76.7 Å². The summed E-state index contributed by atoms with van der Waals surface area (Å²) in [6.45, 7) is 0.930. The lowest BCUT2D eigenvalue weighted by Crippen LogP contribution is -2.21. The number of amides is 2. The smallest absolute Gasteiger partial charge is 0.233 e. The summed E-state index contributed by atoms with van der Waals surface area (Å²) in [5.74, 6) is -0.323. The van der Waals surface area contributed by atoms with Crippen LogP contribution in [0, 0.1) is 5.82 Å². The standard InChI is InChI=1S/C17H15FN2O4/c18-11-2-1-3-12(8-11)19-16(21)10-17(22)20-13-4-5-14-15(9-13)24-7-6-23-14/h1-5,8-9H,6-7,10H2,(H,19,21)(H,20,22). The maximum absolute atomic E-state index is 13.1. The molecule has 2 aromatic carbocycles. The number of carbonyl (C=O) groups is 2. The Hall–Kier alpha value is -3.09. The third-order valence-corrected chi connectivity index (χ3v) is 3.26. The molecular weight excluding hydrogens is 315 g/mol. The fourth-order valence-corrected chi connectivity index (χ4v) is 2.24. The molecule has 2 amide bonds. The maximum atomic E-state index is 13.1. The van der Waals surface area contributed by atoms with E-state index in [1.165, 1.54) is 18.2 Å². The van der Waals surface area contributed by atoms with Crippen molar-refractivity contribution in [1.82, 2.24) is 0 Å². The van der Waals surface area contributed by atoms with E-state index < -0.39 is 17.6 Å². The molecule has 1 aliphatic heterocycles. The number of ether oxygens (including phenoxy) is 2. The number of benzene rings is 2. The minimum atomic E-state index is -0.532. The fraction of sp³-hybridized carbons (Fsp3) is 0.176. The number of carbonyl (C=O) groups excluding carboxylic acids is 2. The first-order valence-electron chi connectivity index (χ1n) is 7.35. The van der Waals surface area contributed by atoms with Crippen LogP contribution in [0.2, 0.25) is 0 Å². The van der Waals surface area contributed by atoms with E-state index in [1.807, 2.05) is 0 Å². The van der Waals surface area contributed by atoms with Crippen LogP contribution < -0.4 is 20.1 Å². The Morgan fingerprint density at radius 3 is 2.29 bits per heavy atom. The van der Waals surface area contributed by atoms with Crippen LogP contribution >= 0.6 is 0 Å². The molecule has 0 atom stereocenters. The average molecular weight is 330 g/mol. The molecule has 2 aromatic rings. The van der Waals surface area contributed by atoms with Gasteiger partial charge in [-0.3, -0.25) is 9.59 Å². The van der Waals surface area contributed by atoms with Crippen molar-refractivity contribution in [1.29, 1.82) is 0 Å². The van der Waals surface area contributed by atoms with Gasteiger partial charge in [-0.15, -0.1) is 0 Å². The Labute approximate surface area is 137 Å². The molecule has 0 aromatic heterocycles. The minimum absolute atomic E-state index is 0.298. The molecule has 0 saturated carbocycles. The van der Waals surface area contributed by atoms with Gasteiger partial charge in [-0.25, -0.2) is 4.39 Å². The molecule has 0 spiro atoms. The van der Waals surface area contributed by atoms with E-state index in [0.717, 1.165) is 0 Å². The van der Waals surface area contributed by atoms with Crippen molar-refractivity contribution in [2.24, 2.45) is 0 Å². The molecule has 2 N–H and O–H groups in total. The van der Waals surface area contributed by atoms with Crippen molar-refractivity contribution >= 4 is 23.2 Å². The predicted molar refractivity (Wildman–Crippen MR) is 85.7 cm³/mol. The fourth-order valence-electron chi connectivity index (χ4n) is 2.24. The third-order valence-electron chi connectivity index (χ3n) is 3.26. The van der Waals surface area contributed by atoms with Crippen molar-refractivity contribution in [3.05, 3.63) is 48.3 Å². The highest BCUT2D eigenvalue weighted by Crippen LogP contribution is 2.32. The minimum Gasteiger partial charge on any atom is -0.486 e. The van der Waals surface area contributed by atoms with E-state index >= 15 is 0 Å². The molecule has 0 radical (unpaired) electrons. The van der Waals surface area contributed by atoms with Crippen molar-refractivity contribution in [2.75, 3.05) is 23.8 Å². The van der Waals surface area contributed by atoms with Crippen LogP contribution in [-0.2, 0) is 9.59 Å². The zero-order valence-electron chi connectivity index (χ0n) is 12.7. The summed E-state index contributed by atoms with van der Waals surface area (Å²) >= 11 is 0. The normalized spacial score (nSPS) is 12.4. The molecule has 1 aliphatic rings. The Balaban J connectivity index is 1.56. The molecule has 24 heavy (non-hydrogen) atoms. The van der Waals surface area contributed by atoms with Gasteiger partial charge in [-0.05, 0) is 30.3 Å². The number of halogens is 1. The first-order chi connectivity index (χ1) is 11.6. The zero-order valence-corrected chi connectivity index (χ0v) is 12.7. The monoisotopic (exact) mass is 330 g/mol. The van der Waals surface area contributed by atoms with Crippen LogP contribution in [0.3, 0.4) is 0 Å². The lowest BCUT2D eigenvalue weighted by atomic mass is 10.2. The maximum Gasteiger partial charge on any atom is 0.233 e. The Morgan fingerprint density at radius 2 is 1.58 bits per heavy atom. The highest BCUT2D eigenvalue weighted by Gasteiger charge is 2.14. The van der Waals surface area contributed by atoms with Crippen molar-refractivity contribution in [3.63, 3.8) is 0 Å². The third kappa shape index (κ3) is 4.01. The summed E-state index contributed by atoms with van der Waals surface area (Å²) in [7, 11) is 0. The van der Waals surface area contributed by atoms with Crippen LogP contribution in [0.15, 0.2) is 42.5 Å². The molecule has 3 rings (SSSR count). The summed E-state index contributed by atoms with van der Waals surface area (Å²) in [6.07, 6.45) is -0.384. The van der Waals surface area contributed by atoms with Gasteiger partial charge in [-0.1, -0.05) is 6.07 Å². The van der Waals surface area contributed by atoms with Gasteiger partial charge < -0.3 is 20.1 Å². The van der Waals surface area contributed by atoms with E-state index in [4.69, 9.17) is 9.47 Å². The summed E-state index contributed by atoms with van der Waals surface area (Å²) < 4.78 is 23.9. The predicted octanol–water partition coefficient (Wildman–Crippen LogP) is 2.56. The summed E-state index contributed by atoms with van der Waals surface area (Å²) in [6, 6.07) is 10.4. The van der Waals surface area contributed by atoms with Gasteiger partial charge in [-0.2, -0.15) is 0 Å². The molecule has 0 aliphatic carbocycles. The second-order valence-electron chi connectivity index (χ2n) is 5.14. The van der Waals surface area contributed by atoms with Crippen LogP contribution in [0.1, 0.15) is 6.42 Å². The lowest BCUT2D eigenvalue weighted by Gasteiger charge is -2.19. The van der Waals surface area contributed by atoms with Gasteiger partial charge >= 0.3 is 0 Å². The molecule has 0 unspecified atom stereocenters. The van der Waals surface area contributed by atoms with E-state index in [0.29, 0.717) is 36.1 Å². The van der Waals surface area contributed by atoms with E-state index in [1.54, 1.807) is 24.3 Å². The summed E-state index contributed by atoms with van der Waals surface area (Å²) in [4.78, 5) is 23.7. The van der Waals surface area contributed by atoms with Crippen LogP contribution in [0.4, 0.5) is 15.8 Å². The number of hydrogen-bond donors (Lipinski definition) is 2. The zero-order chi connectivity index (χ0) is 16.9. The Kier molecular flexibility index (Phi) is 4.60. The van der Waals surface area contributed by atoms with Crippen molar-refractivity contribution in [3.8, 4) is 11.5 Å². The Morgan fingerprint density at radius 1 is 0.917 bits per heavy atom. The van der Waals surface area contributed by atoms with Gasteiger partial charge in [0.15, 0.2) is 11.5 Å². The molecule has 7 heteroatoms. The largest absolute Gasteiger partial charge is 0.486 e. The lowest BCUT2D eigenvalue weighted by molar-refractivity contribution is -0.123. The number of anilines is 2. The molecule has 1 heterocycles. The van der Waals surface area contributed by atoms with Crippen LogP contribution in [0.5, 0.6) is 11.5 Å². The summed E-state index contributed by atoms with van der Waals surface area (Å²) in [5.41, 5.74) is 0.801. The molecular formula is C17H15FN2O4. The second kappa shape index (κ2) is 6.99. The van der Waals surface area contributed by atoms with Crippen LogP contribution in [0.25, 0.3) is 0 Å². The van der Waals surface area contributed by atoms with Gasteiger partial charge in [0.25, 0.3) is 0 Å². The van der Waals surface area contributed by atoms with Gasteiger partial charge in [0.1, 0.15) is 25.5 Å².